The first-order valence-electron chi connectivity index (χ1n) is 13.5. The van der Waals surface area contributed by atoms with Crippen LogP contribution in [0.1, 0.15) is 103 Å². The molecule has 33 heavy (non-hydrogen) atoms. The number of nitrogens with zero attached hydrogens (tertiary/aromatic N) is 1. The molecule has 4 nitrogen and oxygen atoms in total. The number of carbonyl (C=O) groups excluding carboxylic acids is 1. The Labute approximate surface area is 203 Å². The molecule has 0 unspecified atom stereocenters. The number of benzene rings is 1. The average molecular weight is 460 g/mol. The summed E-state index contributed by atoms with van der Waals surface area (Å²) in [6.07, 6.45) is 18.3. The smallest absolute Gasteiger partial charge is 0.330 e. The second-order valence-corrected chi connectivity index (χ2v) is 8.94. The van der Waals surface area contributed by atoms with Gasteiger partial charge in [-0.1, -0.05) is 90.7 Å². The second kappa shape index (κ2) is 20.8. The van der Waals surface area contributed by atoms with Crippen LogP contribution in [-0.4, -0.2) is 43.7 Å². The normalized spacial score (nSPS) is 11.4. The number of hydrogen-bond donors (Lipinski definition) is 0. The maximum atomic E-state index is 12.1. The lowest BCUT2D eigenvalue weighted by molar-refractivity contribution is -0.138. The van der Waals surface area contributed by atoms with Crippen LogP contribution in [0.4, 0.5) is 0 Å². The first kappa shape index (κ1) is 29.2. The molecule has 0 radical (unpaired) electrons. The second-order valence-electron chi connectivity index (χ2n) is 8.94. The van der Waals surface area contributed by atoms with Gasteiger partial charge in [-0.05, 0) is 56.1 Å². The molecule has 0 aliphatic rings. The molecule has 0 amide bonds. The predicted octanol–water partition coefficient (Wildman–Crippen LogP) is 7.66. The molecular weight excluding hydrogens is 410 g/mol. The summed E-state index contributed by atoms with van der Waals surface area (Å²) in [6, 6.07) is 7.86. The van der Waals surface area contributed by atoms with Gasteiger partial charge in [0.15, 0.2) is 0 Å². The van der Waals surface area contributed by atoms with Gasteiger partial charge < -0.3 is 9.47 Å². The third-order valence-corrected chi connectivity index (χ3v) is 5.87. The Morgan fingerprint density at radius 1 is 0.727 bits per heavy atom. The minimum atomic E-state index is -0.275. The van der Waals surface area contributed by atoms with E-state index in [1.807, 2.05) is 24.3 Å². The summed E-state index contributed by atoms with van der Waals surface area (Å²) < 4.78 is 11.2. The summed E-state index contributed by atoms with van der Waals surface area (Å²) in [7, 11) is 0. The minimum absolute atomic E-state index is 0.275. The van der Waals surface area contributed by atoms with Gasteiger partial charge in [0.1, 0.15) is 12.4 Å². The molecule has 0 heterocycles. The van der Waals surface area contributed by atoms with E-state index in [4.69, 9.17) is 9.47 Å². The largest absolute Gasteiger partial charge is 0.494 e. The molecule has 1 aromatic rings. The van der Waals surface area contributed by atoms with Gasteiger partial charge in [-0.3, -0.25) is 4.90 Å². The highest BCUT2D eigenvalue weighted by atomic mass is 16.5. The summed E-state index contributed by atoms with van der Waals surface area (Å²) in [5, 5.41) is 0. The molecule has 0 atom stereocenters. The molecule has 4 heteroatoms. The van der Waals surface area contributed by atoms with E-state index in [0.29, 0.717) is 6.61 Å². The number of carbonyl (C=O) groups is 1. The Balaban J connectivity index is 2.32. The van der Waals surface area contributed by atoms with Crippen molar-refractivity contribution in [2.75, 3.05) is 32.8 Å². The molecule has 0 aliphatic carbocycles. The molecule has 0 N–H and O–H groups in total. The van der Waals surface area contributed by atoms with Crippen molar-refractivity contribution in [1.29, 1.82) is 0 Å². The first-order valence-corrected chi connectivity index (χ1v) is 13.5. The highest BCUT2D eigenvalue weighted by molar-refractivity contribution is 5.87. The minimum Gasteiger partial charge on any atom is -0.494 e. The summed E-state index contributed by atoms with van der Waals surface area (Å²) in [5.41, 5.74) is 0.971. The summed E-state index contributed by atoms with van der Waals surface area (Å²) in [6.45, 7) is 10.9. The monoisotopic (exact) mass is 459 g/mol. The maximum Gasteiger partial charge on any atom is 0.330 e. The van der Waals surface area contributed by atoms with Crippen molar-refractivity contribution in [3.63, 3.8) is 0 Å². The Kier molecular flexibility index (Phi) is 18.4. The molecule has 0 spiro atoms. The van der Waals surface area contributed by atoms with Gasteiger partial charge in [-0.15, -0.1) is 0 Å². The van der Waals surface area contributed by atoms with E-state index < -0.39 is 0 Å². The van der Waals surface area contributed by atoms with E-state index >= 15 is 0 Å². The van der Waals surface area contributed by atoms with Crippen molar-refractivity contribution in [2.24, 2.45) is 0 Å². The summed E-state index contributed by atoms with van der Waals surface area (Å²) in [5.74, 6) is 0.604. The number of esters is 1. The van der Waals surface area contributed by atoms with Gasteiger partial charge in [-0.25, -0.2) is 4.79 Å². The average Bonchev–Trinajstić information content (AvgIpc) is 2.83. The van der Waals surface area contributed by atoms with Crippen LogP contribution >= 0.6 is 0 Å². The molecule has 0 aromatic heterocycles. The highest BCUT2D eigenvalue weighted by Gasteiger charge is 2.06. The van der Waals surface area contributed by atoms with Crippen LogP contribution in [0.3, 0.4) is 0 Å². The van der Waals surface area contributed by atoms with E-state index in [2.05, 4.69) is 25.7 Å². The summed E-state index contributed by atoms with van der Waals surface area (Å²) in [4.78, 5) is 14.6. The Hall–Kier alpha value is -1.81. The third kappa shape index (κ3) is 16.4. The lowest BCUT2D eigenvalue weighted by atomic mass is 10.1. The fraction of sp³-hybridized carbons (Fsp3) is 0.690. The van der Waals surface area contributed by atoms with E-state index in [9.17, 15) is 4.79 Å². The molecule has 188 valence electrons. The molecular formula is C29H49NO3. The van der Waals surface area contributed by atoms with Crippen LogP contribution in [-0.2, 0) is 9.53 Å². The Morgan fingerprint density at radius 3 is 1.88 bits per heavy atom. The lowest BCUT2D eigenvalue weighted by Gasteiger charge is -2.22. The number of ether oxygens (including phenoxy) is 2. The van der Waals surface area contributed by atoms with Crippen molar-refractivity contribution in [3.05, 3.63) is 35.9 Å². The SMILES string of the molecule is CCCCCCOc1ccc(C=CC(=O)OCCN(CCCCCC)CCCCCC)cc1. The quantitative estimate of drug-likeness (QED) is 0.107. The first-order chi connectivity index (χ1) is 16.2. The van der Waals surface area contributed by atoms with E-state index in [0.717, 1.165) is 44.0 Å². The molecule has 0 saturated carbocycles. The van der Waals surface area contributed by atoms with Crippen molar-refractivity contribution in [3.8, 4) is 5.75 Å². The van der Waals surface area contributed by atoms with Crippen molar-refractivity contribution in [1.82, 2.24) is 4.90 Å². The predicted molar refractivity (Wildman–Crippen MR) is 141 cm³/mol. The zero-order chi connectivity index (χ0) is 24.0. The van der Waals surface area contributed by atoms with Crippen LogP contribution in [0.5, 0.6) is 5.75 Å². The van der Waals surface area contributed by atoms with E-state index in [-0.39, 0.29) is 5.97 Å². The highest BCUT2D eigenvalue weighted by Crippen LogP contribution is 2.14. The van der Waals surface area contributed by atoms with E-state index in [1.54, 1.807) is 6.08 Å². The number of hydrogen-bond acceptors (Lipinski definition) is 4. The van der Waals surface area contributed by atoms with Gasteiger partial charge >= 0.3 is 5.97 Å². The third-order valence-electron chi connectivity index (χ3n) is 5.87. The van der Waals surface area contributed by atoms with Gasteiger partial charge in [0.25, 0.3) is 0 Å². The van der Waals surface area contributed by atoms with Crippen molar-refractivity contribution in [2.45, 2.75) is 97.8 Å². The molecule has 0 aliphatic heterocycles. The lowest BCUT2D eigenvalue weighted by Crippen LogP contribution is -2.30. The fourth-order valence-electron chi connectivity index (χ4n) is 3.74. The maximum absolute atomic E-state index is 12.1. The van der Waals surface area contributed by atoms with Crippen LogP contribution in [0.25, 0.3) is 6.08 Å². The molecule has 1 aromatic carbocycles. The van der Waals surface area contributed by atoms with Crippen molar-refractivity contribution < 1.29 is 14.3 Å². The van der Waals surface area contributed by atoms with Gasteiger partial charge in [0, 0.05) is 12.6 Å². The van der Waals surface area contributed by atoms with Crippen molar-refractivity contribution >= 4 is 12.0 Å². The van der Waals surface area contributed by atoms with Crippen LogP contribution in [0.2, 0.25) is 0 Å². The van der Waals surface area contributed by atoms with Crippen LogP contribution in [0.15, 0.2) is 30.3 Å². The zero-order valence-corrected chi connectivity index (χ0v) is 21.7. The zero-order valence-electron chi connectivity index (χ0n) is 21.7. The van der Waals surface area contributed by atoms with Crippen LogP contribution < -0.4 is 4.74 Å². The summed E-state index contributed by atoms with van der Waals surface area (Å²) >= 11 is 0. The number of rotatable bonds is 21. The van der Waals surface area contributed by atoms with Gasteiger partial charge in [-0.2, -0.15) is 0 Å². The van der Waals surface area contributed by atoms with Gasteiger partial charge in [0.05, 0.1) is 6.61 Å². The molecule has 1 rings (SSSR count). The fourth-order valence-corrected chi connectivity index (χ4v) is 3.74. The topological polar surface area (TPSA) is 38.8 Å². The Morgan fingerprint density at radius 2 is 1.30 bits per heavy atom. The molecule has 0 fully saturated rings. The molecule has 0 bridgehead atoms. The standard InChI is InChI=1S/C29H49NO3/c1-4-7-10-13-22-30(23-14-11-8-5-2)24-26-33-29(31)21-18-27-16-19-28(20-17-27)32-25-15-12-9-6-3/h16-21H,4-15,22-26H2,1-3H3. The van der Waals surface area contributed by atoms with Crippen LogP contribution in [0, 0.1) is 0 Å². The Bertz CT molecular complexity index is 600. The van der Waals surface area contributed by atoms with Gasteiger partial charge in [0.2, 0.25) is 0 Å². The molecule has 0 saturated heterocycles. The number of unbranched alkanes of at least 4 members (excludes halogenated alkanes) is 9. The van der Waals surface area contributed by atoms with E-state index in [1.165, 1.54) is 76.7 Å².